The number of piperidine rings is 1. The Morgan fingerprint density at radius 1 is 1.05 bits per heavy atom. The molecule has 0 amide bonds. The van der Waals surface area contributed by atoms with Crippen LogP contribution in [-0.4, -0.2) is 56.3 Å². The Labute approximate surface area is 117 Å². The van der Waals surface area contributed by atoms with Crippen LogP contribution < -0.4 is 5.32 Å². The Balaban J connectivity index is 2.00. The largest absolute Gasteiger partial charge is 0.315 e. The van der Waals surface area contributed by atoms with E-state index >= 15 is 0 Å². The van der Waals surface area contributed by atoms with Crippen molar-refractivity contribution in [3.63, 3.8) is 0 Å². The van der Waals surface area contributed by atoms with E-state index < -0.39 is 10.2 Å². The highest BCUT2D eigenvalue weighted by molar-refractivity contribution is 7.86. The maximum Gasteiger partial charge on any atom is 0.282 e. The summed E-state index contributed by atoms with van der Waals surface area (Å²) in [5.41, 5.74) is 0.326. The lowest BCUT2D eigenvalue weighted by molar-refractivity contribution is 0.163. The summed E-state index contributed by atoms with van der Waals surface area (Å²) in [4.78, 5) is 0. The smallest absolute Gasteiger partial charge is 0.282 e. The minimum atomic E-state index is -3.24. The third-order valence-electron chi connectivity index (χ3n) is 4.73. The van der Waals surface area contributed by atoms with E-state index in [1.807, 2.05) is 0 Å². The highest BCUT2D eigenvalue weighted by Gasteiger charge is 2.36. The highest BCUT2D eigenvalue weighted by Crippen LogP contribution is 2.35. The Morgan fingerprint density at radius 2 is 1.68 bits per heavy atom. The molecule has 0 saturated carbocycles. The standard InChI is InChI=1S/C13H27N3O2S/c1-3-13(2)5-10-16(11-6-13)19(17,18)15-9-4-7-14-8-12-15/h14H,3-12H2,1-2H3. The zero-order chi connectivity index (χ0) is 13.9. The molecule has 2 fully saturated rings. The van der Waals surface area contributed by atoms with Gasteiger partial charge in [0.05, 0.1) is 0 Å². The molecule has 0 unspecified atom stereocenters. The van der Waals surface area contributed by atoms with Gasteiger partial charge in [0.15, 0.2) is 0 Å². The molecule has 2 aliphatic rings. The van der Waals surface area contributed by atoms with Gasteiger partial charge >= 0.3 is 0 Å². The lowest BCUT2D eigenvalue weighted by atomic mass is 9.79. The second-order valence-corrected chi connectivity index (χ2v) is 8.00. The number of nitrogens with zero attached hydrogens (tertiary/aromatic N) is 2. The number of nitrogens with one attached hydrogen (secondary N) is 1. The van der Waals surface area contributed by atoms with Gasteiger partial charge in [0.2, 0.25) is 0 Å². The summed E-state index contributed by atoms with van der Waals surface area (Å²) in [7, 11) is -3.24. The molecular formula is C13H27N3O2S. The first kappa shape index (κ1) is 15.2. The van der Waals surface area contributed by atoms with Crippen LogP contribution in [0.15, 0.2) is 0 Å². The van der Waals surface area contributed by atoms with E-state index in [2.05, 4.69) is 19.2 Å². The molecule has 5 nitrogen and oxygen atoms in total. The van der Waals surface area contributed by atoms with Crippen LogP contribution in [0.3, 0.4) is 0 Å². The maximum atomic E-state index is 12.6. The molecule has 0 aromatic carbocycles. The van der Waals surface area contributed by atoms with Gasteiger partial charge in [-0.05, 0) is 31.2 Å². The van der Waals surface area contributed by atoms with Crippen molar-refractivity contribution in [2.75, 3.05) is 39.3 Å². The van der Waals surface area contributed by atoms with Crippen molar-refractivity contribution >= 4 is 10.2 Å². The Morgan fingerprint density at radius 3 is 2.32 bits per heavy atom. The van der Waals surface area contributed by atoms with Crippen LogP contribution in [-0.2, 0) is 10.2 Å². The highest BCUT2D eigenvalue weighted by atomic mass is 32.2. The number of hydrogen-bond acceptors (Lipinski definition) is 3. The van der Waals surface area contributed by atoms with Gasteiger partial charge in [-0.3, -0.25) is 0 Å². The van der Waals surface area contributed by atoms with Gasteiger partial charge < -0.3 is 5.32 Å². The fourth-order valence-electron chi connectivity index (χ4n) is 2.83. The Hall–Kier alpha value is -0.170. The third kappa shape index (κ3) is 3.48. The molecule has 0 aliphatic carbocycles. The zero-order valence-electron chi connectivity index (χ0n) is 12.2. The molecule has 0 aromatic heterocycles. The molecule has 112 valence electrons. The van der Waals surface area contributed by atoms with Gasteiger partial charge in [0.1, 0.15) is 0 Å². The fourth-order valence-corrected chi connectivity index (χ4v) is 4.48. The quantitative estimate of drug-likeness (QED) is 0.844. The summed E-state index contributed by atoms with van der Waals surface area (Å²) < 4.78 is 28.6. The van der Waals surface area contributed by atoms with E-state index in [0.717, 1.165) is 38.8 Å². The van der Waals surface area contributed by atoms with Crippen molar-refractivity contribution in [1.82, 2.24) is 13.9 Å². The van der Waals surface area contributed by atoms with E-state index in [9.17, 15) is 8.42 Å². The Kier molecular flexibility index (Phi) is 4.87. The van der Waals surface area contributed by atoms with E-state index in [-0.39, 0.29) is 0 Å². The summed E-state index contributed by atoms with van der Waals surface area (Å²) in [6.07, 6.45) is 4.00. The van der Waals surface area contributed by atoms with Crippen LogP contribution in [0, 0.1) is 5.41 Å². The van der Waals surface area contributed by atoms with Crippen LogP contribution in [0.25, 0.3) is 0 Å². The van der Waals surface area contributed by atoms with Crippen LogP contribution in [0.4, 0.5) is 0 Å². The average molecular weight is 289 g/mol. The van der Waals surface area contributed by atoms with E-state index in [1.165, 1.54) is 0 Å². The molecule has 1 N–H and O–H groups in total. The third-order valence-corrected chi connectivity index (χ3v) is 6.77. The topological polar surface area (TPSA) is 52.7 Å². The molecule has 0 aromatic rings. The van der Waals surface area contributed by atoms with Crippen molar-refractivity contribution in [3.8, 4) is 0 Å². The second-order valence-electron chi connectivity index (χ2n) is 6.07. The molecule has 6 heteroatoms. The first-order valence-corrected chi connectivity index (χ1v) is 8.84. The van der Waals surface area contributed by atoms with Crippen molar-refractivity contribution < 1.29 is 8.42 Å². The maximum absolute atomic E-state index is 12.6. The van der Waals surface area contributed by atoms with Crippen molar-refractivity contribution in [3.05, 3.63) is 0 Å². The number of hydrogen-bond donors (Lipinski definition) is 1. The second kappa shape index (κ2) is 6.08. The molecule has 19 heavy (non-hydrogen) atoms. The Bertz CT molecular complexity index is 381. The summed E-state index contributed by atoms with van der Waals surface area (Å²) in [6, 6.07) is 0. The molecular weight excluding hydrogens is 262 g/mol. The predicted octanol–water partition coefficient (Wildman–Crippen LogP) is 1.04. The van der Waals surface area contributed by atoms with E-state index in [1.54, 1.807) is 8.61 Å². The monoisotopic (exact) mass is 289 g/mol. The van der Waals surface area contributed by atoms with E-state index in [0.29, 0.717) is 31.6 Å². The molecule has 2 aliphatic heterocycles. The molecule has 2 heterocycles. The summed E-state index contributed by atoms with van der Waals surface area (Å²) in [5.74, 6) is 0. The van der Waals surface area contributed by atoms with Crippen molar-refractivity contribution in [1.29, 1.82) is 0 Å². The molecule has 0 radical (unpaired) electrons. The molecule has 2 rings (SSSR count). The van der Waals surface area contributed by atoms with E-state index in [4.69, 9.17) is 0 Å². The van der Waals surface area contributed by atoms with Crippen LogP contribution in [0.2, 0.25) is 0 Å². The minimum Gasteiger partial charge on any atom is -0.315 e. The van der Waals surface area contributed by atoms with Crippen LogP contribution in [0.1, 0.15) is 39.5 Å². The molecule has 2 saturated heterocycles. The summed E-state index contributed by atoms with van der Waals surface area (Å²) in [6.45, 7) is 8.76. The van der Waals surface area contributed by atoms with Crippen LogP contribution >= 0.6 is 0 Å². The molecule has 0 spiro atoms. The molecule has 0 bridgehead atoms. The normalized spacial score (nSPS) is 27.1. The summed E-state index contributed by atoms with van der Waals surface area (Å²) >= 11 is 0. The van der Waals surface area contributed by atoms with Gasteiger partial charge in [0, 0.05) is 32.7 Å². The number of rotatable bonds is 3. The average Bonchev–Trinajstić information content (AvgIpc) is 2.68. The van der Waals surface area contributed by atoms with Crippen molar-refractivity contribution in [2.45, 2.75) is 39.5 Å². The first-order valence-electron chi connectivity index (χ1n) is 7.44. The van der Waals surface area contributed by atoms with Crippen LogP contribution in [0.5, 0.6) is 0 Å². The summed E-state index contributed by atoms with van der Waals surface area (Å²) in [5, 5.41) is 3.25. The fraction of sp³-hybridized carbons (Fsp3) is 1.00. The van der Waals surface area contributed by atoms with Gasteiger partial charge in [-0.1, -0.05) is 20.3 Å². The van der Waals surface area contributed by atoms with Gasteiger partial charge in [-0.25, -0.2) is 0 Å². The van der Waals surface area contributed by atoms with Crippen molar-refractivity contribution in [2.24, 2.45) is 5.41 Å². The molecule has 0 atom stereocenters. The predicted molar refractivity (Wildman–Crippen MR) is 77.2 cm³/mol. The minimum absolute atomic E-state index is 0.326. The first-order chi connectivity index (χ1) is 8.98. The van der Waals surface area contributed by atoms with Gasteiger partial charge in [-0.2, -0.15) is 17.0 Å². The lowest BCUT2D eigenvalue weighted by Crippen LogP contribution is -2.49. The van der Waals surface area contributed by atoms with Gasteiger partial charge in [-0.15, -0.1) is 0 Å². The van der Waals surface area contributed by atoms with Gasteiger partial charge in [0.25, 0.3) is 10.2 Å². The zero-order valence-corrected chi connectivity index (χ0v) is 13.0. The SMILES string of the molecule is CCC1(C)CCN(S(=O)(=O)N2CCCNCC2)CC1. The lowest BCUT2D eigenvalue weighted by Gasteiger charge is -2.39.